The number of nitrogens with zero attached hydrogens (tertiary/aromatic N) is 4. The maximum Gasteiger partial charge on any atom is 0.264 e. The molecular weight excluding hydrogens is 562 g/mol. The Morgan fingerprint density at radius 2 is 1.91 bits per heavy atom. The lowest BCUT2D eigenvalue weighted by Crippen LogP contribution is -2.39. The van der Waals surface area contributed by atoms with Crippen molar-refractivity contribution in [2.24, 2.45) is 11.3 Å². The van der Waals surface area contributed by atoms with E-state index in [4.69, 9.17) is 4.98 Å². The van der Waals surface area contributed by atoms with E-state index in [1.165, 1.54) is 24.3 Å². The Balaban J connectivity index is 1.68. The van der Waals surface area contributed by atoms with Crippen molar-refractivity contribution in [3.05, 3.63) is 70.8 Å². The highest BCUT2D eigenvalue weighted by atomic mass is 19.3. The summed E-state index contributed by atoms with van der Waals surface area (Å²) in [6, 6.07) is 13.4. The van der Waals surface area contributed by atoms with Crippen LogP contribution in [0.5, 0.6) is 0 Å². The molecule has 1 fully saturated rings. The van der Waals surface area contributed by atoms with Gasteiger partial charge in [0.05, 0.1) is 17.1 Å². The summed E-state index contributed by atoms with van der Waals surface area (Å²) >= 11 is 0. The molecule has 3 aromatic rings. The van der Waals surface area contributed by atoms with Gasteiger partial charge < -0.3 is 14.8 Å². The lowest BCUT2D eigenvalue weighted by atomic mass is 9.88. The number of amides is 2. The second-order valence-corrected chi connectivity index (χ2v) is 12.9. The van der Waals surface area contributed by atoms with Crippen LogP contribution in [0.1, 0.15) is 82.3 Å². The van der Waals surface area contributed by atoms with E-state index in [0.29, 0.717) is 25.2 Å². The number of imidazole rings is 1. The maximum atomic E-state index is 13.4. The number of rotatable bonds is 10. The van der Waals surface area contributed by atoms with Crippen LogP contribution >= 0.6 is 0 Å². The largest absolute Gasteiger partial charge is 0.333 e. The summed E-state index contributed by atoms with van der Waals surface area (Å²) in [5, 5.41) is 16.1. The summed E-state index contributed by atoms with van der Waals surface area (Å²) in [5.41, 5.74) is 2.52. The molecule has 0 radical (unpaired) electrons. The number of hydrogen-bond donors (Lipinski definition) is 2. The van der Waals surface area contributed by atoms with E-state index in [-0.39, 0.29) is 52.0 Å². The second kappa shape index (κ2) is 13.7. The van der Waals surface area contributed by atoms with Crippen LogP contribution in [0.15, 0.2) is 54.1 Å². The maximum absolute atomic E-state index is 13.4. The van der Waals surface area contributed by atoms with E-state index in [1.807, 2.05) is 36.6 Å². The normalized spacial score (nSPS) is 16.5. The zero-order valence-corrected chi connectivity index (χ0v) is 26.3. The van der Waals surface area contributed by atoms with Crippen LogP contribution in [0.4, 0.5) is 14.7 Å². The number of hydrogen-bond acceptors (Lipinski definition) is 5. The van der Waals surface area contributed by atoms with Gasteiger partial charge in [-0.1, -0.05) is 58.9 Å². The standard InChI is InChI=1S/C34H42F2N6O2/c1-21(2)15-26(18-37)32(44)41-14-8-11-27(41)20-42-29-13-12-23(19-38-22(3)34(4,5)6)16-28(29)39-33(42)40-31(43)25-10-7-9-24(17-25)30(35)36/h7,9-10,12-13,15-17,21-22,27,30,38H,8,11,14,19-20H2,1-6H3,(H,39,40,43). The monoisotopic (exact) mass is 604 g/mol. The summed E-state index contributed by atoms with van der Waals surface area (Å²) in [5.74, 6) is -0.550. The van der Waals surface area contributed by atoms with Crippen LogP contribution < -0.4 is 10.6 Å². The molecule has 0 bridgehead atoms. The van der Waals surface area contributed by atoms with Crippen molar-refractivity contribution < 1.29 is 18.4 Å². The third-order valence-electron chi connectivity index (χ3n) is 8.23. The number of benzene rings is 2. The molecule has 2 atom stereocenters. The molecule has 1 aliphatic rings. The molecule has 1 saturated heterocycles. The Hall–Kier alpha value is -4.10. The number of carbonyl (C=O) groups is 2. The first kappa shape index (κ1) is 32.8. The van der Waals surface area contributed by atoms with Crippen LogP contribution in [0.25, 0.3) is 11.0 Å². The number of nitriles is 1. The molecular formula is C34H42F2N6O2. The van der Waals surface area contributed by atoms with Crippen LogP contribution in [0.3, 0.4) is 0 Å². The highest BCUT2D eigenvalue weighted by Gasteiger charge is 2.32. The molecule has 2 unspecified atom stereocenters. The Labute approximate surface area is 258 Å². The van der Waals surface area contributed by atoms with Gasteiger partial charge in [0.1, 0.15) is 11.6 Å². The van der Waals surface area contributed by atoms with Crippen molar-refractivity contribution >= 4 is 28.8 Å². The van der Waals surface area contributed by atoms with E-state index >= 15 is 0 Å². The van der Waals surface area contributed by atoms with Crippen molar-refractivity contribution in [1.82, 2.24) is 19.8 Å². The predicted molar refractivity (Wildman–Crippen MR) is 168 cm³/mol. The molecule has 0 spiro atoms. The number of halogens is 2. The number of aromatic nitrogens is 2. The first-order valence-electron chi connectivity index (χ1n) is 15.1. The van der Waals surface area contributed by atoms with Gasteiger partial charge >= 0.3 is 0 Å². The minimum absolute atomic E-state index is 0.0488. The van der Waals surface area contributed by atoms with Gasteiger partial charge in [-0.25, -0.2) is 13.8 Å². The number of nitrogens with one attached hydrogen (secondary N) is 2. The third kappa shape index (κ3) is 7.69. The van der Waals surface area contributed by atoms with Crippen molar-refractivity contribution in [3.8, 4) is 6.07 Å². The molecule has 0 saturated carbocycles. The first-order valence-corrected chi connectivity index (χ1v) is 15.1. The molecule has 2 aromatic carbocycles. The van der Waals surface area contributed by atoms with E-state index in [9.17, 15) is 23.6 Å². The Morgan fingerprint density at radius 3 is 2.57 bits per heavy atom. The fourth-order valence-electron chi connectivity index (χ4n) is 5.28. The zero-order chi connectivity index (χ0) is 32.2. The van der Waals surface area contributed by atoms with Gasteiger partial charge in [0, 0.05) is 36.8 Å². The van der Waals surface area contributed by atoms with Crippen LogP contribution in [0, 0.1) is 22.7 Å². The van der Waals surface area contributed by atoms with E-state index in [0.717, 1.165) is 23.9 Å². The molecule has 1 aromatic heterocycles. The molecule has 8 nitrogen and oxygen atoms in total. The van der Waals surface area contributed by atoms with Crippen LogP contribution in [0.2, 0.25) is 0 Å². The molecule has 2 heterocycles. The minimum atomic E-state index is -2.70. The smallest absolute Gasteiger partial charge is 0.264 e. The average Bonchev–Trinajstić information content (AvgIpc) is 3.57. The van der Waals surface area contributed by atoms with Crippen molar-refractivity contribution in [3.63, 3.8) is 0 Å². The minimum Gasteiger partial charge on any atom is -0.333 e. The molecule has 4 rings (SSSR count). The number of allylic oxidation sites excluding steroid dienone is 1. The number of anilines is 1. The van der Waals surface area contributed by atoms with Crippen LogP contribution in [-0.4, -0.2) is 44.9 Å². The second-order valence-electron chi connectivity index (χ2n) is 12.9. The van der Waals surface area contributed by atoms with Crippen molar-refractivity contribution in [2.45, 2.75) is 86.0 Å². The number of carbonyl (C=O) groups excluding carboxylic acids is 2. The summed E-state index contributed by atoms with van der Waals surface area (Å²) in [4.78, 5) is 33.1. The average molecular weight is 605 g/mol. The van der Waals surface area contributed by atoms with Crippen LogP contribution in [-0.2, 0) is 17.9 Å². The van der Waals surface area contributed by atoms with Crippen molar-refractivity contribution in [2.75, 3.05) is 11.9 Å². The van der Waals surface area contributed by atoms with Gasteiger partial charge in [-0.3, -0.25) is 14.9 Å². The molecule has 44 heavy (non-hydrogen) atoms. The number of alkyl halides is 2. The highest BCUT2D eigenvalue weighted by Crippen LogP contribution is 2.28. The Bertz CT molecular complexity index is 1580. The van der Waals surface area contributed by atoms with E-state index < -0.39 is 12.3 Å². The van der Waals surface area contributed by atoms with E-state index in [1.54, 1.807) is 11.0 Å². The molecule has 0 aliphatic carbocycles. The molecule has 1 aliphatic heterocycles. The fraction of sp³-hybridized carbons (Fsp3) is 0.471. The lowest BCUT2D eigenvalue weighted by Gasteiger charge is -2.28. The third-order valence-corrected chi connectivity index (χ3v) is 8.23. The van der Waals surface area contributed by atoms with Gasteiger partial charge in [-0.15, -0.1) is 0 Å². The summed E-state index contributed by atoms with van der Waals surface area (Å²) in [6.45, 7) is 14.0. The highest BCUT2D eigenvalue weighted by molar-refractivity contribution is 6.04. The first-order chi connectivity index (χ1) is 20.8. The van der Waals surface area contributed by atoms with Gasteiger partial charge in [0.25, 0.3) is 18.2 Å². The predicted octanol–water partition coefficient (Wildman–Crippen LogP) is 6.85. The summed E-state index contributed by atoms with van der Waals surface area (Å²) < 4.78 is 28.5. The van der Waals surface area contributed by atoms with Gasteiger partial charge in [0.2, 0.25) is 5.95 Å². The zero-order valence-electron chi connectivity index (χ0n) is 26.3. The topological polar surface area (TPSA) is 103 Å². The molecule has 2 amide bonds. The molecule has 2 N–H and O–H groups in total. The Kier molecular flexibility index (Phi) is 10.2. The molecule has 10 heteroatoms. The quantitative estimate of drug-likeness (QED) is 0.195. The lowest BCUT2D eigenvalue weighted by molar-refractivity contribution is -0.127. The molecule has 234 valence electrons. The van der Waals surface area contributed by atoms with E-state index in [2.05, 4.69) is 44.4 Å². The van der Waals surface area contributed by atoms with Gasteiger partial charge in [0.15, 0.2) is 0 Å². The number of likely N-dealkylation sites (tertiary alicyclic amines) is 1. The fourth-order valence-corrected chi connectivity index (χ4v) is 5.28. The van der Waals surface area contributed by atoms with Gasteiger partial charge in [-0.05, 0) is 60.9 Å². The summed E-state index contributed by atoms with van der Waals surface area (Å²) in [6.07, 6.45) is 0.490. The van der Waals surface area contributed by atoms with Crippen molar-refractivity contribution in [1.29, 1.82) is 5.26 Å². The summed E-state index contributed by atoms with van der Waals surface area (Å²) in [7, 11) is 0. The Morgan fingerprint density at radius 1 is 1.16 bits per heavy atom. The SMILES string of the molecule is CC(C)C=C(C#N)C(=O)N1CCCC1Cn1c(NC(=O)c2cccc(C(F)F)c2)nc2cc(CNC(C)C(C)(C)C)ccc21. The number of fused-ring (bicyclic) bond motifs is 1. The van der Waals surface area contributed by atoms with Gasteiger partial charge in [-0.2, -0.15) is 5.26 Å².